The van der Waals surface area contributed by atoms with Gasteiger partial charge in [-0.05, 0) is 12.1 Å². The smallest absolute Gasteiger partial charge is 0.693 e. The van der Waals surface area contributed by atoms with Gasteiger partial charge in [0.2, 0.25) is 0 Å². The van der Waals surface area contributed by atoms with E-state index in [-0.39, 0.29) is 50.2 Å². The Balaban J connectivity index is -0.0000000150. The van der Waals surface area contributed by atoms with Gasteiger partial charge in [0.15, 0.2) is 0 Å². The number of nitrogens with two attached hydrogens (primary N) is 5. The average molecular weight is 260 g/mol. The fourth-order valence-corrected chi connectivity index (χ4v) is 0.313. The van der Waals surface area contributed by atoms with E-state index in [2.05, 4.69) is 4.98 Å². The van der Waals surface area contributed by atoms with Crippen LogP contribution in [0.4, 0.5) is 0 Å². The van der Waals surface area contributed by atoms with E-state index in [1.165, 1.54) is 0 Å². The summed E-state index contributed by atoms with van der Waals surface area (Å²) in [6, 6.07) is 5.72. The van der Waals surface area contributed by atoms with E-state index < -0.39 is 0 Å². The number of pyridine rings is 1. The molecule has 10 N–H and O–H groups in total. The molecule has 7 heteroatoms. The van der Waals surface area contributed by atoms with Gasteiger partial charge in [0.05, 0.1) is 0 Å². The summed E-state index contributed by atoms with van der Waals surface area (Å²) < 4.78 is 0. The zero-order valence-corrected chi connectivity index (χ0v) is 8.31. The van der Waals surface area contributed by atoms with Crippen molar-refractivity contribution < 1.29 is 19.5 Å². The quantitative estimate of drug-likeness (QED) is 0.604. The maximum Gasteiger partial charge on any atom is 5.00 e. The monoisotopic (exact) mass is 261 g/mol. The number of hydrogen-bond acceptors (Lipinski definition) is 1. The fourth-order valence-electron chi connectivity index (χ4n) is 0.313. The third kappa shape index (κ3) is 22.7. The fraction of sp³-hybridized carbons (Fsp3) is 0. The van der Waals surface area contributed by atoms with Crippen molar-refractivity contribution in [2.45, 2.75) is 0 Å². The Kier molecular flexibility index (Phi) is 108. The normalized spacial score (nSPS) is 4.00. The number of nitrogens with zero attached hydrogens (tertiary/aromatic N) is 1. The predicted molar refractivity (Wildman–Crippen MR) is 50.7 cm³/mol. The molecule has 12 heavy (non-hydrogen) atoms. The van der Waals surface area contributed by atoms with Crippen LogP contribution in [-0.2, 0) is 19.5 Å². The molecule has 1 rings (SSSR count). The van der Waals surface area contributed by atoms with E-state index in [1.807, 2.05) is 18.2 Å². The van der Waals surface area contributed by atoms with Crippen LogP contribution in [0.3, 0.4) is 0 Å². The minimum absolute atomic E-state index is 0. The Morgan fingerprint density at radius 2 is 0.917 bits per heavy atom. The molecule has 6 nitrogen and oxygen atoms in total. The predicted octanol–water partition coefficient (Wildman–Crippen LogP) is 4.66. The first-order valence-electron chi connectivity index (χ1n) is 1.85. The topological polar surface area (TPSA) is 180 Å². The van der Waals surface area contributed by atoms with Crippen LogP contribution in [0.25, 0.3) is 30.8 Å². The Labute approximate surface area is 86.2 Å². The standard InChI is InChI=1S/C5H5N.5H2N.Ru/c1-2-4-6-5-3-1;;;;;;/h1-5H;5*1H2;/q;5*-1;+5. The molecule has 0 bridgehead atoms. The first-order valence-corrected chi connectivity index (χ1v) is 1.85. The van der Waals surface area contributed by atoms with E-state index >= 15 is 0 Å². The van der Waals surface area contributed by atoms with Gasteiger partial charge in [-0.15, -0.1) is 0 Å². The van der Waals surface area contributed by atoms with Crippen LogP contribution in [0, 0.1) is 0 Å². The molecule has 0 saturated heterocycles. The van der Waals surface area contributed by atoms with Crippen LogP contribution in [0.5, 0.6) is 0 Å². The molecule has 1 aromatic rings. The molecule has 1 radical (unpaired) electrons. The maximum absolute atomic E-state index is 3.78. The molecule has 73 valence electrons. The second-order valence-corrected chi connectivity index (χ2v) is 1.02. The van der Waals surface area contributed by atoms with Crippen LogP contribution >= 0.6 is 0 Å². The Morgan fingerprint density at radius 3 is 1.00 bits per heavy atom. The van der Waals surface area contributed by atoms with Crippen molar-refractivity contribution in [3.8, 4) is 0 Å². The molecule has 0 spiro atoms. The van der Waals surface area contributed by atoms with Crippen molar-refractivity contribution >= 4 is 0 Å². The molecule has 0 aliphatic carbocycles. The molecule has 0 aliphatic rings. The van der Waals surface area contributed by atoms with E-state index in [0.29, 0.717) is 0 Å². The van der Waals surface area contributed by atoms with E-state index in [4.69, 9.17) is 0 Å². The van der Waals surface area contributed by atoms with Crippen molar-refractivity contribution in [2.24, 2.45) is 0 Å². The molecular weight excluding hydrogens is 245 g/mol. The molecule has 0 aromatic carbocycles. The SMILES string of the molecule is [NH2-].[NH2-].[NH2-].[NH2-].[NH2-].[Ru+5].c1ccncc1. The van der Waals surface area contributed by atoms with Crippen LogP contribution in [0.15, 0.2) is 30.6 Å². The number of hydrogen-bond donors (Lipinski definition) is 0. The molecule has 0 amide bonds. The van der Waals surface area contributed by atoms with Crippen molar-refractivity contribution in [1.29, 1.82) is 0 Å². The summed E-state index contributed by atoms with van der Waals surface area (Å²) in [5.41, 5.74) is 0. The van der Waals surface area contributed by atoms with Crippen LogP contribution in [0.2, 0.25) is 0 Å². The molecular formula is C5H15N6Ru. The average Bonchev–Trinajstić information content (AvgIpc) is 1.72. The van der Waals surface area contributed by atoms with Gasteiger partial charge in [-0.25, -0.2) is 0 Å². The van der Waals surface area contributed by atoms with Gasteiger partial charge in [0, 0.05) is 12.4 Å². The summed E-state index contributed by atoms with van der Waals surface area (Å²) in [6.07, 6.45) is 3.50. The van der Waals surface area contributed by atoms with Gasteiger partial charge in [0.1, 0.15) is 0 Å². The summed E-state index contributed by atoms with van der Waals surface area (Å²) in [7, 11) is 0. The summed E-state index contributed by atoms with van der Waals surface area (Å²) >= 11 is 0. The molecule has 0 aliphatic heterocycles. The third-order valence-electron chi connectivity index (χ3n) is 0.566. The Bertz CT molecular complexity index is 87.9. The second-order valence-electron chi connectivity index (χ2n) is 1.02. The van der Waals surface area contributed by atoms with Crippen molar-refractivity contribution in [3.05, 3.63) is 61.3 Å². The number of aromatic nitrogens is 1. The van der Waals surface area contributed by atoms with Crippen LogP contribution in [0.1, 0.15) is 0 Å². The van der Waals surface area contributed by atoms with E-state index in [9.17, 15) is 0 Å². The van der Waals surface area contributed by atoms with Gasteiger partial charge in [-0.1, -0.05) is 6.07 Å². The van der Waals surface area contributed by atoms with Gasteiger partial charge in [-0.3, -0.25) is 4.98 Å². The zero-order valence-electron chi connectivity index (χ0n) is 6.57. The third-order valence-corrected chi connectivity index (χ3v) is 0.566. The van der Waals surface area contributed by atoms with Crippen molar-refractivity contribution in [2.75, 3.05) is 0 Å². The van der Waals surface area contributed by atoms with Crippen molar-refractivity contribution in [1.82, 2.24) is 4.98 Å². The molecule has 0 unspecified atom stereocenters. The van der Waals surface area contributed by atoms with Gasteiger partial charge < -0.3 is 30.8 Å². The van der Waals surface area contributed by atoms with Gasteiger partial charge in [0.25, 0.3) is 0 Å². The van der Waals surface area contributed by atoms with E-state index in [0.717, 1.165) is 0 Å². The summed E-state index contributed by atoms with van der Waals surface area (Å²) in [6.45, 7) is 0. The van der Waals surface area contributed by atoms with Crippen molar-refractivity contribution in [3.63, 3.8) is 0 Å². The Hall–Kier alpha value is -0.427. The maximum atomic E-state index is 3.78. The molecule has 1 heterocycles. The van der Waals surface area contributed by atoms with Crippen LogP contribution in [-0.4, -0.2) is 4.98 Å². The minimum atomic E-state index is 0. The summed E-state index contributed by atoms with van der Waals surface area (Å²) in [5.74, 6) is 0. The first kappa shape index (κ1) is 41.7. The first-order chi connectivity index (χ1) is 3.00. The second kappa shape index (κ2) is 31.2. The van der Waals surface area contributed by atoms with Crippen LogP contribution < -0.4 is 0 Å². The van der Waals surface area contributed by atoms with E-state index in [1.54, 1.807) is 12.4 Å². The number of rotatable bonds is 0. The zero-order chi connectivity index (χ0) is 4.24. The summed E-state index contributed by atoms with van der Waals surface area (Å²) in [5, 5.41) is 0. The summed E-state index contributed by atoms with van der Waals surface area (Å²) in [4.78, 5) is 3.78. The molecule has 0 atom stereocenters. The molecule has 1 aromatic heterocycles. The molecule has 0 fully saturated rings. The minimum Gasteiger partial charge on any atom is -0.693 e. The largest absolute Gasteiger partial charge is 5.00 e. The van der Waals surface area contributed by atoms with Gasteiger partial charge in [-0.2, -0.15) is 0 Å². The van der Waals surface area contributed by atoms with Gasteiger partial charge >= 0.3 is 19.5 Å². The molecule has 0 saturated carbocycles. The Morgan fingerprint density at radius 1 is 0.583 bits per heavy atom.